The number of pyridine rings is 1. The summed E-state index contributed by atoms with van der Waals surface area (Å²) >= 11 is 0. The molecule has 132 valence electrons. The van der Waals surface area contributed by atoms with Crippen LogP contribution in [0.15, 0.2) is 12.1 Å². The highest BCUT2D eigenvalue weighted by Gasteiger charge is 2.36. The average Bonchev–Trinajstić information content (AvgIpc) is 3.05. The van der Waals surface area contributed by atoms with Crippen molar-refractivity contribution in [2.75, 3.05) is 7.05 Å². The normalized spacial score (nSPS) is 15.8. The lowest BCUT2D eigenvalue weighted by atomic mass is 9.99. The van der Waals surface area contributed by atoms with E-state index in [0.717, 1.165) is 5.69 Å². The number of aromatic nitrogens is 1. The van der Waals surface area contributed by atoms with Crippen LogP contribution in [-0.2, 0) is 11.3 Å². The van der Waals surface area contributed by atoms with Gasteiger partial charge < -0.3 is 5.32 Å². The molecule has 0 atom stereocenters. The number of amides is 1. The van der Waals surface area contributed by atoms with Gasteiger partial charge in [0.25, 0.3) is 0 Å². The van der Waals surface area contributed by atoms with Crippen molar-refractivity contribution in [2.45, 2.75) is 71.5 Å². The maximum atomic E-state index is 12.7. The van der Waals surface area contributed by atoms with Gasteiger partial charge in [0.15, 0.2) is 5.78 Å². The molecule has 1 aliphatic carbocycles. The third kappa shape index (κ3) is 4.01. The highest BCUT2D eigenvalue weighted by atomic mass is 16.2. The number of rotatable bonds is 6. The summed E-state index contributed by atoms with van der Waals surface area (Å²) in [5.74, 6) is 0.0157. The minimum absolute atomic E-state index is 0.00648. The quantitative estimate of drug-likeness (QED) is 0.814. The first-order chi connectivity index (χ1) is 11.2. The first kappa shape index (κ1) is 18.6. The molecular formula is C19H29N3O2. The molecule has 1 aromatic heterocycles. The summed E-state index contributed by atoms with van der Waals surface area (Å²) in [5.41, 5.74) is 1.55. The van der Waals surface area contributed by atoms with E-state index in [1.54, 1.807) is 12.1 Å². The number of likely N-dealkylation sites (N-methyl/N-ethyl adjacent to an activating group) is 1. The van der Waals surface area contributed by atoms with E-state index < -0.39 is 5.54 Å². The van der Waals surface area contributed by atoms with Crippen molar-refractivity contribution in [3.8, 4) is 0 Å². The molecule has 24 heavy (non-hydrogen) atoms. The number of hydrogen-bond acceptors (Lipinski definition) is 4. The van der Waals surface area contributed by atoms with Crippen LogP contribution in [-0.4, -0.2) is 40.2 Å². The van der Waals surface area contributed by atoms with Gasteiger partial charge >= 0.3 is 0 Å². The molecule has 1 heterocycles. The lowest BCUT2D eigenvalue weighted by Gasteiger charge is -2.38. The van der Waals surface area contributed by atoms with Crippen molar-refractivity contribution in [3.05, 3.63) is 29.1 Å². The van der Waals surface area contributed by atoms with E-state index in [-0.39, 0.29) is 11.7 Å². The molecule has 1 aliphatic rings. The third-order valence-electron chi connectivity index (χ3n) is 5.26. The van der Waals surface area contributed by atoms with Crippen LogP contribution >= 0.6 is 0 Å². The molecule has 0 radical (unpaired) electrons. The summed E-state index contributed by atoms with van der Waals surface area (Å²) in [6, 6.07) is 4.07. The van der Waals surface area contributed by atoms with E-state index in [1.165, 1.54) is 32.6 Å². The van der Waals surface area contributed by atoms with Crippen LogP contribution in [0.4, 0.5) is 0 Å². The van der Waals surface area contributed by atoms with E-state index in [4.69, 9.17) is 0 Å². The maximum absolute atomic E-state index is 12.7. The van der Waals surface area contributed by atoms with Gasteiger partial charge in [-0.25, -0.2) is 0 Å². The fraction of sp³-hybridized carbons (Fsp3) is 0.632. The zero-order valence-electron chi connectivity index (χ0n) is 15.5. The van der Waals surface area contributed by atoms with E-state index in [1.807, 2.05) is 27.8 Å². The summed E-state index contributed by atoms with van der Waals surface area (Å²) in [6.07, 6.45) is 4.83. The number of nitrogens with zero attached hydrogens (tertiary/aromatic N) is 2. The van der Waals surface area contributed by atoms with Crippen LogP contribution in [0.5, 0.6) is 0 Å². The average molecular weight is 331 g/mol. The Morgan fingerprint density at radius 1 is 1.29 bits per heavy atom. The third-order valence-corrected chi connectivity index (χ3v) is 5.26. The number of hydrogen-bond donors (Lipinski definition) is 1. The zero-order valence-corrected chi connectivity index (χ0v) is 15.5. The summed E-state index contributed by atoms with van der Waals surface area (Å²) in [7, 11) is 2.04. The fourth-order valence-corrected chi connectivity index (χ4v) is 3.38. The van der Waals surface area contributed by atoms with Gasteiger partial charge in [0, 0.05) is 17.3 Å². The van der Waals surface area contributed by atoms with Gasteiger partial charge in [-0.2, -0.15) is 0 Å². The molecule has 1 N–H and O–H groups in total. The molecule has 5 nitrogen and oxygen atoms in total. The SMILES string of the molecule is CC(=O)c1ccc(CNC(=O)C(C)(C)N(C)C2CCCC2)nc1C. The predicted molar refractivity (Wildman–Crippen MR) is 94.9 cm³/mol. The highest BCUT2D eigenvalue weighted by Crippen LogP contribution is 2.27. The molecule has 1 amide bonds. The highest BCUT2D eigenvalue weighted by molar-refractivity contribution is 5.95. The smallest absolute Gasteiger partial charge is 0.240 e. The minimum atomic E-state index is -0.552. The van der Waals surface area contributed by atoms with Gasteiger partial charge in [-0.15, -0.1) is 0 Å². The molecule has 1 saturated carbocycles. The van der Waals surface area contributed by atoms with Crippen molar-refractivity contribution in [2.24, 2.45) is 0 Å². The molecule has 5 heteroatoms. The summed E-state index contributed by atoms with van der Waals surface area (Å²) in [5, 5.41) is 2.99. The molecule has 0 aliphatic heterocycles. The topological polar surface area (TPSA) is 62.3 Å². The molecule has 0 bridgehead atoms. The number of Topliss-reactive ketones (excluding diaryl/α,β-unsaturated/α-hetero) is 1. The van der Waals surface area contributed by atoms with Crippen LogP contribution in [0, 0.1) is 6.92 Å². The largest absolute Gasteiger partial charge is 0.349 e. The van der Waals surface area contributed by atoms with Gasteiger partial charge in [0.1, 0.15) is 0 Å². The Morgan fingerprint density at radius 2 is 1.92 bits per heavy atom. The Hall–Kier alpha value is -1.75. The monoisotopic (exact) mass is 331 g/mol. The Balaban J connectivity index is 1.99. The minimum Gasteiger partial charge on any atom is -0.349 e. The lowest BCUT2D eigenvalue weighted by Crippen LogP contribution is -2.56. The zero-order chi connectivity index (χ0) is 17.9. The van der Waals surface area contributed by atoms with Crippen molar-refractivity contribution in [1.29, 1.82) is 0 Å². The van der Waals surface area contributed by atoms with Crippen molar-refractivity contribution in [3.63, 3.8) is 0 Å². The van der Waals surface area contributed by atoms with Crippen LogP contribution < -0.4 is 5.32 Å². The molecule has 0 spiro atoms. The number of carbonyl (C=O) groups excluding carboxylic acids is 2. The Morgan fingerprint density at radius 3 is 2.46 bits per heavy atom. The second kappa shape index (κ2) is 7.43. The van der Waals surface area contributed by atoms with Gasteiger partial charge in [0.05, 0.1) is 17.8 Å². The molecule has 1 fully saturated rings. The molecule has 1 aromatic rings. The molecular weight excluding hydrogens is 302 g/mol. The number of carbonyl (C=O) groups is 2. The second-order valence-corrected chi connectivity index (χ2v) is 7.28. The molecule has 0 aromatic carbocycles. The van der Waals surface area contributed by atoms with Crippen LogP contribution in [0.1, 0.15) is 68.2 Å². The molecule has 0 unspecified atom stereocenters. The van der Waals surface area contributed by atoms with Gasteiger partial charge in [-0.05, 0) is 59.7 Å². The van der Waals surface area contributed by atoms with E-state index >= 15 is 0 Å². The fourth-order valence-electron chi connectivity index (χ4n) is 3.38. The van der Waals surface area contributed by atoms with Gasteiger partial charge in [0.2, 0.25) is 5.91 Å². The van der Waals surface area contributed by atoms with Crippen molar-refractivity contribution >= 4 is 11.7 Å². The Kier molecular flexibility index (Phi) is 5.75. The standard InChI is InChI=1S/C19H29N3O2/c1-13-17(14(2)23)11-10-15(21-13)12-20-18(24)19(3,4)22(5)16-8-6-7-9-16/h10-11,16H,6-9,12H2,1-5H3,(H,20,24). The van der Waals surface area contributed by atoms with E-state index in [2.05, 4.69) is 15.2 Å². The van der Waals surface area contributed by atoms with Gasteiger partial charge in [-0.1, -0.05) is 12.8 Å². The first-order valence-electron chi connectivity index (χ1n) is 8.72. The Bertz CT molecular complexity index is 619. The van der Waals surface area contributed by atoms with E-state index in [0.29, 0.717) is 23.8 Å². The summed E-state index contributed by atoms with van der Waals surface area (Å²) < 4.78 is 0. The van der Waals surface area contributed by atoms with Crippen molar-refractivity contribution in [1.82, 2.24) is 15.2 Å². The van der Waals surface area contributed by atoms with E-state index in [9.17, 15) is 9.59 Å². The van der Waals surface area contributed by atoms with Crippen LogP contribution in [0.2, 0.25) is 0 Å². The van der Waals surface area contributed by atoms with Crippen molar-refractivity contribution < 1.29 is 9.59 Å². The summed E-state index contributed by atoms with van der Waals surface area (Å²) in [6.45, 7) is 7.67. The number of nitrogens with one attached hydrogen (secondary N) is 1. The van der Waals surface area contributed by atoms with Crippen LogP contribution in [0.3, 0.4) is 0 Å². The predicted octanol–water partition coefficient (Wildman–Crippen LogP) is 2.86. The summed E-state index contributed by atoms with van der Waals surface area (Å²) in [4.78, 5) is 30.7. The van der Waals surface area contributed by atoms with Crippen LogP contribution in [0.25, 0.3) is 0 Å². The van der Waals surface area contributed by atoms with Gasteiger partial charge in [-0.3, -0.25) is 19.5 Å². The number of aryl methyl sites for hydroxylation is 1. The molecule has 2 rings (SSSR count). The lowest BCUT2D eigenvalue weighted by molar-refractivity contribution is -0.132. The maximum Gasteiger partial charge on any atom is 0.240 e. The first-order valence-corrected chi connectivity index (χ1v) is 8.72. The Labute approximate surface area is 144 Å². The number of ketones is 1. The second-order valence-electron chi connectivity index (χ2n) is 7.28. The molecule has 0 saturated heterocycles.